The van der Waals surface area contributed by atoms with Gasteiger partial charge in [-0.2, -0.15) is 0 Å². The standard InChI is InChI=1S/C46H43N2OSi.C14H15N2.Ir/c1-29(2)39-26-34(32-20-23-35(24-21-32)50(5,6)7)27-40(30(3)4)44(39)48-42-19-12-11-18-41(42)47-46(48)38-17-13-16-37-36-25-22-33(28-43(36)49-45(37)38)31-14-9-8-10-15-31;1-14(2,3)12-9-10-15-13(16-12)11-7-5-4-6-8-11;/h8-16,18-30H,1-7H3;4-7,9-10H,1-3H3;/q2*-1;. The summed E-state index contributed by atoms with van der Waals surface area (Å²) in [4.78, 5) is 14.2. The van der Waals surface area contributed by atoms with Crippen LogP contribution in [0.15, 0.2) is 162 Å². The fourth-order valence-electron chi connectivity index (χ4n) is 8.72. The number of furan rings is 1. The number of para-hydroxylation sites is 2. The molecule has 7 heteroatoms. The maximum absolute atomic E-state index is 6.77. The van der Waals surface area contributed by atoms with Crippen LogP contribution in [0.25, 0.3) is 83.7 Å². The zero-order valence-corrected chi connectivity index (χ0v) is 43.6. The predicted molar refractivity (Wildman–Crippen MR) is 280 cm³/mol. The Hall–Kier alpha value is -6.24. The van der Waals surface area contributed by atoms with Crippen LogP contribution < -0.4 is 5.19 Å². The molecule has 3 heterocycles. The van der Waals surface area contributed by atoms with Gasteiger partial charge in [-0.15, -0.1) is 54.1 Å². The molecular weight excluding hydrogens is 1010 g/mol. The van der Waals surface area contributed by atoms with E-state index in [0.717, 1.165) is 67.0 Å². The largest absolute Gasteiger partial charge is 0.501 e. The number of hydrogen-bond acceptors (Lipinski definition) is 4. The summed E-state index contributed by atoms with van der Waals surface area (Å²) < 4.78 is 9.15. The van der Waals surface area contributed by atoms with Crippen LogP contribution in [0.3, 0.4) is 0 Å². The Kier molecular flexibility index (Phi) is 13.5. The molecule has 0 fully saturated rings. The van der Waals surface area contributed by atoms with E-state index < -0.39 is 8.07 Å². The van der Waals surface area contributed by atoms with E-state index in [1.165, 1.54) is 38.7 Å². The molecular formula is C60H58IrN4OSi-2. The third-order valence-electron chi connectivity index (χ3n) is 12.4. The number of imidazole rings is 1. The minimum absolute atomic E-state index is 0. The molecule has 0 N–H and O–H groups in total. The molecule has 10 rings (SSSR count). The van der Waals surface area contributed by atoms with Crippen LogP contribution in [0.4, 0.5) is 0 Å². The Morgan fingerprint density at radius 3 is 1.93 bits per heavy atom. The first-order valence-corrected chi connectivity index (χ1v) is 26.7. The van der Waals surface area contributed by atoms with Crippen LogP contribution in [-0.2, 0) is 25.5 Å². The molecule has 0 aliphatic carbocycles. The van der Waals surface area contributed by atoms with Crippen LogP contribution in [0, 0.1) is 12.1 Å². The predicted octanol–water partition coefficient (Wildman–Crippen LogP) is 15.8. The molecule has 67 heavy (non-hydrogen) atoms. The van der Waals surface area contributed by atoms with E-state index in [0.29, 0.717) is 0 Å². The van der Waals surface area contributed by atoms with Crippen molar-refractivity contribution in [3.63, 3.8) is 0 Å². The van der Waals surface area contributed by atoms with Gasteiger partial charge < -0.3 is 8.98 Å². The first-order valence-electron chi connectivity index (χ1n) is 23.2. The second-order valence-corrected chi connectivity index (χ2v) is 25.0. The summed E-state index contributed by atoms with van der Waals surface area (Å²) in [6.45, 7) is 22.9. The third-order valence-corrected chi connectivity index (χ3v) is 14.5. The van der Waals surface area contributed by atoms with Gasteiger partial charge in [0.2, 0.25) is 0 Å². The zero-order valence-electron chi connectivity index (χ0n) is 40.2. The molecule has 7 aromatic carbocycles. The van der Waals surface area contributed by atoms with Crippen molar-refractivity contribution in [2.75, 3.05) is 0 Å². The van der Waals surface area contributed by atoms with Crippen LogP contribution >= 0.6 is 0 Å². The summed E-state index contributed by atoms with van der Waals surface area (Å²) in [5.74, 6) is 2.14. The van der Waals surface area contributed by atoms with Crippen molar-refractivity contribution in [1.82, 2.24) is 19.5 Å². The normalized spacial score (nSPS) is 11.9. The number of aromatic nitrogens is 4. The molecule has 3 aromatic heterocycles. The maximum Gasteiger partial charge on any atom is 0.121 e. The molecule has 0 unspecified atom stereocenters. The van der Waals surface area contributed by atoms with Crippen molar-refractivity contribution in [3.05, 3.63) is 187 Å². The van der Waals surface area contributed by atoms with Gasteiger partial charge in [-0.05, 0) is 81.6 Å². The Balaban J connectivity index is 0.000000303. The van der Waals surface area contributed by atoms with Crippen molar-refractivity contribution < 1.29 is 24.5 Å². The molecule has 0 aliphatic rings. The van der Waals surface area contributed by atoms with Gasteiger partial charge in [-0.3, -0.25) is 15.0 Å². The van der Waals surface area contributed by atoms with E-state index >= 15 is 0 Å². The second-order valence-electron chi connectivity index (χ2n) is 20.0. The van der Waals surface area contributed by atoms with Gasteiger partial charge in [0, 0.05) is 48.5 Å². The fraction of sp³-hybridized carbons (Fsp3) is 0.217. The average molecular weight is 1070 g/mol. The van der Waals surface area contributed by atoms with E-state index in [2.05, 4.69) is 204 Å². The van der Waals surface area contributed by atoms with Crippen LogP contribution in [0.5, 0.6) is 0 Å². The van der Waals surface area contributed by atoms with Gasteiger partial charge in [0.25, 0.3) is 0 Å². The smallest absolute Gasteiger partial charge is 0.121 e. The average Bonchev–Trinajstić information content (AvgIpc) is 3.90. The Morgan fingerprint density at radius 1 is 0.612 bits per heavy atom. The Morgan fingerprint density at radius 2 is 1.27 bits per heavy atom. The molecule has 0 amide bonds. The number of hydrogen-bond donors (Lipinski definition) is 0. The minimum atomic E-state index is -1.40. The summed E-state index contributed by atoms with van der Waals surface area (Å²) in [6, 6.07) is 60.2. The molecule has 339 valence electrons. The van der Waals surface area contributed by atoms with Crippen molar-refractivity contribution in [1.29, 1.82) is 0 Å². The molecule has 1 radical (unpaired) electrons. The van der Waals surface area contributed by atoms with Crippen molar-refractivity contribution >= 4 is 46.2 Å². The molecule has 0 bridgehead atoms. The number of fused-ring (bicyclic) bond motifs is 4. The topological polar surface area (TPSA) is 56.7 Å². The minimum Gasteiger partial charge on any atom is -0.501 e. The van der Waals surface area contributed by atoms with Gasteiger partial charge in [0.05, 0.1) is 36.3 Å². The van der Waals surface area contributed by atoms with E-state index in [-0.39, 0.29) is 37.4 Å². The number of benzene rings is 7. The number of nitrogens with zero attached hydrogens (tertiary/aromatic N) is 4. The first kappa shape index (κ1) is 47.3. The SMILES string of the molecule is CC(C)(C)c1ccnc(-c2[c-]cccc2)n1.CC(C)c1cc(-c2ccc([Si](C)(C)C)cc2)cc(C(C)C)c1-n1c(-c2[c-]ccc3c2oc2cc(-c4ccccc4)ccc23)nc2ccccc21.[Ir]. The van der Waals surface area contributed by atoms with Crippen LogP contribution in [-0.4, -0.2) is 27.6 Å². The zero-order chi connectivity index (χ0) is 46.3. The molecule has 0 atom stereocenters. The quantitative estimate of drug-likeness (QED) is 0.112. The summed E-state index contributed by atoms with van der Waals surface area (Å²) in [5.41, 5.74) is 15.2. The second kappa shape index (κ2) is 19.2. The Labute approximate surface area is 410 Å². The van der Waals surface area contributed by atoms with E-state index in [9.17, 15) is 0 Å². The van der Waals surface area contributed by atoms with E-state index in [1.807, 2.05) is 48.7 Å². The summed E-state index contributed by atoms with van der Waals surface area (Å²) in [6.07, 6.45) is 1.81. The van der Waals surface area contributed by atoms with Crippen LogP contribution in [0.2, 0.25) is 19.6 Å². The van der Waals surface area contributed by atoms with Crippen molar-refractivity contribution in [2.45, 2.75) is 85.4 Å². The van der Waals surface area contributed by atoms with Crippen molar-refractivity contribution in [2.24, 2.45) is 0 Å². The molecule has 0 aliphatic heterocycles. The van der Waals surface area contributed by atoms with Crippen molar-refractivity contribution in [3.8, 4) is 50.7 Å². The maximum atomic E-state index is 6.77. The Bertz CT molecular complexity index is 3290. The van der Waals surface area contributed by atoms with Crippen LogP contribution in [0.1, 0.15) is 77.1 Å². The molecule has 0 spiro atoms. The molecule has 0 saturated heterocycles. The summed E-state index contributed by atoms with van der Waals surface area (Å²) in [5, 5.41) is 3.64. The van der Waals surface area contributed by atoms with Gasteiger partial charge in [0.15, 0.2) is 0 Å². The van der Waals surface area contributed by atoms with E-state index in [4.69, 9.17) is 9.40 Å². The van der Waals surface area contributed by atoms with Gasteiger partial charge in [-0.25, -0.2) is 0 Å². The van der Waals surface area contributed by atoms with Gasteiger partial charge in [-0.1, -0.05) is 163 Å². The van der Waals surface area contributed by atoms with Gasteiger partial charge in [0.1, 0.15) is 5.58 Å². The molecule has 0 saturated carbocycles. The first-order chi connectivity index (χ1) is 31.7. The summed E-state index contributed by atoms with van der Waals surface area (Å²) in [7, 11) is -1.40. The monoisotopic (exact) mass is 1070 g/mol. The van der Waals surface area contributed by atoms with E-state index in [1.54, 1.807) is 0 Å². The molecule has 10 aromatic rings. The number of rotatable bonds is 8. The third kappa shape index (κ3) is 9.65. The molecule has 5 nitrogen and oxygen atoms in total. The summed E-state index contributed by atoms with van der Waals surface area (Å²) >= 11 is 0. The van der Waals surface area contributed by atoms with Gasteiger partial charge >= 0.3 is 0 Å². The fourth-order valence-corrected chi connectivity index (χ4v) is 9.89.